The van der Waals surface area contributed by atoms with E-state index in [4.69, 9.17) is 5.11 Å². The zero-order valence-electron chi connectivity index (χ0n) is 6.32. The second-order valence-electron chi connectivity index (χ2n) is 2.21. The van der Waals surface area contributed by atoms with E-state index in [0.29, 0.717) is 5.56 Å². The van der Waals surface area contributed by atoms with Gasteiger partial charge in [-0.15, -0.1) is 0 Å². The first-order valence-electron chi connectivity index (χ1n) is 3.42. The van der Waals surface area contributed by atoms with Crippen molar-refractivity contribution in [2.75, 3.05) is 5.88 Å². The highest BCUT2D eigenvalue weighted by Gasteiger charge is 2.03. The number of thiol groups is 1. The molecule has 0 saturated heterocycles. The van der Waals surface area contributed by atoms with Crippen LogP contribution < -0.4 is 5.32 Å². The molecule has 0 radical (unpaired) electrons. The highest BCUT2D eigenvalue weighted by molar-refractivity contribution is 7.80. The van der Waals surface area contributed by atoms with E-state index in [-0.39, 0.29) is 17.5 Å². The van der Waals surface area contributed by atoms with Crippen molar-refractivity contribution in [2.45, 2.75) is 0 Å². The van der Waals surface area contributed by atoms with Crippen LogP contribution in [0.3, 0.4) is 0 Å². The van der Waals surface area contributed by atoms with E-state index >= 15 is 0 Å². The Morgan fingerprint density at radius 1 is 1.58 bits per heavy atom. The van der Waals surface area contributed by atoms with Gasteiger partial charge in [-0.3, -0.25) is 4.79 Å². The van der Waals surface area contributed by atoms with Gasteiger partial charge in [0.2, 0.25) is 0 Å². The molecule has 1 rings (SSSR count). The Kier molecular flexibility index (Phi) is 2.99. The molecular weight excluding hydrogens is 174 g/mol. The van der Waals surface area contributed by atoms with Crippen molar-refractivity contribution >= 4 is 18.5 Å². The SMILES string of the molecule is O=C(NCS)c1cccc(O)c1. The third kappa shape index (κ3) is 2.17. The largest absolute Gasteiger partial charge is 0.508 e. The maximum absolute atomic E-state index is 11.1. The molecule has 0 fully saturated rings. The van der Waals surface area contributed by atoms with E-state index in [2.05, 4.69) is 17.9 Å². The first-order valence-corrected chi connectivity index (χ1v) is 4.05. The van der Waals surface area contributed by atoms with Crippen LogP contribution in [0.1, 0.15) is 10.4 Å². The summed E-state index contributed by atoms with van der Waals surface area (Å²) in [5.74, 6) is 0.136. The van der Waals surface area contributed by atoms with Crippen LogP contribution >= 0.6 is 12.6 Å². The molecule has 1 aromatic carbocycles. The molecule has 0 unspecified atom stereocenters. The lowest BCUT2D eigenvalue weighted by molar-refractivity contribution is 0.0960. The standard InChI is InChI=1S/C8H9NO2S/c10-7-3-1-2-6(4-7)8(11)9-5-12/h1-4,10,12H,5H2,(H,9,11). The van der Waals surface area contributed by atoms with E-state index in [1.807, 2.05) is 0 Å². The molecule has 4 heteroatoms. The minimum absolute atomic E-state index is 0.0850. The fourth-order valence-electron chi connectivity index (χ4n) is 0.821. The molecule has 2 N–H and O–H groups in total. The third-order valence-electron chi connectivity index (χ3n) is 1.35. The number of hydrogen-bond acceptors (Lipinski definition) is 3. The smallest absolute Gasteiger partial charge is 0.252 e. The van der Waals surface area contributed by atoms with Crippen LogP contribution in [0, 0.1) is 0 Å². The van der Waals surface area contributed by atoms with Gasteiger partial charge in [0.05, 0.1) is 5.88 Å². The molecule has 1 amide bonds. The maximum atomic E-state index is 11.1. The van der Waals surface area contributed by atoms with Gasteiger partial charge < -0.3 is 10.4 Å². The fraction of sp³-hybridized carbons (Fsp3) is 0.125. The number of benzene rings is 1. The lowest BCUT2D eigenvalue weighted by Gasteiger charge is -2.00. The third-order valence-corrected chi connectivity index (χ3v) is 1.51. The Labute approximate surface area is 75.8 Å². The summed E-state index contributed by atoms with van der Waals surface area (Å²) >= 11 is 3.84. The number of rotatable bonds is 2. The second-order valence-corrected chi connectivity index (χ2v) is 2.53. The van der Waals surface area contributed by atoms with E-state index in [9.17, 15) is 4.79 Å². The van der Waals surface area contributed by atoms with Crippen molar-refractivity contribution in [2.24, 2.45) is 0 Å². The zero-order chi connectivity index (χ0) is 8.97. The van der Waals surface area contributed by atoms with Crippen LogP contribution in [0.5, 0.6) is 5.75 Å². The quantitative estimate of drug-likeness (QED) is 0.473. The highest BCUT2D eigenvalue weighted by atomic mass is 32.1. The Bertz CT molecular complexity index is 288. The van der Waals surface area contributed by atoms with Crippen molar-refractivity contribution in [1.29, 1.82) is 0 Å². The molecule has 3 nitrogen and oxygen atoms in total. The van der Waals surface area contributed by atoms with Crippen molar-refractivity contribution in [3.63, 3.8) is 0 Å². The van der Waals surface area contributed by atoms with Crippen molar-refractivity contribution < 1.29 is 9.90 Å². The molecule has 0 aliphatic rings. The Balaban J connectivity index is 2.81. The summed E-state index contributed by atoms with van der Waals surface area (Å²) in [6, 6.07) is 6.15. The van der Waals surface area contributed by atoms with E-state index < -0.39 is 0 Å². The number of aromatic hydroxyl groups is 1. The molecule has 0 saturated carbocycles. The summed E-state index contributed by atoms with van der Waals surface area (Å²) in [7, 11) is 0. The van der Waals surface area contributed by atoms with Gasteiger partial charge in [-0.2, -0.15) is 12.6 Å². The summed E-state index contributed by atoms with van der Waals surface area (Å²) in [4.78, 5) is 11.1. The van der Waals surface area contributed by atoms with Crippen LogP contribution in [0.15, 0.2) is 24.3 Å². The van der Waals surface area contributed by atoms with Crippen molar-refractivity contribution in [1.82, 2.24) is 5.32 Å². The number of carbonyl (C=O) groups excluding carboxylic acids is 1. The Morgan fingerprint density at radius 3 is 2.92 bits per heavy atom. The number of phenols is 1. The van der Waals surface area contributed by atoms with Crippen molar-refractivity contribution in [3.05, 3.63) is 29.8 Å². The van der Waals surface area contributed by atoms with E-state index in [1.165, 1.54) is 12.1 Å². The summed E-state index contributed by atoms with van der Waals surface area (Å²) in [6.45, 7) is 0. The number of nitrogens with one attached hydrogen (secondary N) is 1. The molecule has 0 aliphatic carbocycles. The molecule has 0 heterocycles. The molecule has 0 atom stereocenters. The summed E-state index contributed by atoms with van der Waals surface area (Å²) < 4.78 is 0. The molecule has 0 spiro atoms. The van der Waals surface area contributed by atoms with Gasteiger partial charge in [0, 0.05) is 5.56 Å². The molecule has 0 aromatic heterocycles. The van der Waals surface area contributed by atoms with Gasteiger partial charge in [0.15, 0.2) is 0 Å². The van der Waals surface area contributed by atoms with Crippen LogP contribution in [0.2, 0.25) is 0 Å². The highest BCUT2D eigenvalue weighted by Crippen LogP contribution is 2.10. The van der Waals surface area contributed by atoms with Gasteiger partial charge in [-0.1, -0.05) is 6.07 Å². The van der Waals surface area contributed by atoms with Gasteiger partial charge >= 0.3 is 0 Å². The lowest BCUT2D eigenvalue weighted by atomic mass is 10.2. The van der Waals surface area contributed by atoms with Crippen LogP contribution in [-0.2, 0) is 0 Å². The topological polar surface area (TPSA) is 49.3 Å². The summed E-state index contributed by atoms with van der Waals surface area (Å²) in [5, 5.41) is 11.5. The lowest BCUT2D eigenvalue weighted by Crippen LogP contribution is -2.21. The fourth-order valence-corrected chi connectivity index (χ4v) is 0.965. The Hall–Kier alpha value is -1.16. The van der Waals surface area contributed by atoms with E-state index in [0.717, 1.165) is 0 Å². The molecule has 0 aliphatic heterocycles. The first-order chi connectivity index (χ1) is 5.74. The van der Waals surface area contributed by atoms with Crippen LogP contribution in [0.25, 0.3) is 0 Å². The number of phenolic OH excluding ortho intramolecular Hbond substituents is 1. The predicted octanol–water partition coefficient (Wildman–Crippen LogP) is 1.01. The molecule has 0 bridgehead atoms. The van der Waals surface area contributed by atoms with Crippen molar-refractivity contribution in [3.8, 4) is 5.75 Å². The maximum Gasteiger partial charge on any atom is 0.252 e. The van der Waals surface area contributed by atoms with Gasteiger partial charge in [0.25, 0.3) is 5.91 Å². The number of amides is 1. The average Bonchev–Trinajstić information content (AvgIpc) is 2.05. The van der Waals surface area contributed by atoms with Crippen LogP contribution in [0.4, 0.5) is 0 Å². The van der Waals surface area contributed by atoms with Gasteiger partial charge in [-0.25, -0.2) is 0 Å². The summed E-state index contributed by atoms with van der Waals surface area (Å²) in [6.07, 6.45) is 0. The molecule has 1 aromatic rings. The molecule has 12 heavy (non-hydrogen) atoms. The number of carbonyl (C=O) groups is 1. The average molecular weight is 183 g/mol. The summed E-state index contributed by atoms with van der Waals surface area (Å²) in [5.41, 5.74) is 0.434. The molecular formula is C8H9NO2S. The van der Waals surface area contributed by atoms with Crippen LogP contribution in [-0.4, -0.2) is 16.9 Å². The van der Waals surface area contributed by atoms with E-state index in [1.54, 1.807) is 12.1 Å². The van der Waals surface area contributed by atoms with Gasteiger partial charge in [0.1, 0.15) is 5.75 Å². The second kappa shape index (κ2) is 4.01. The first kappa shape index (κ1) is 8.93. The normalized spacial score (nSPS) is 9.42. The molecule has 64 valence electrons. The number of hydrogen-bond donors (Lipinski definition) is 3. The minimum Gasteiger partial charge on any atom is -0.508 e. The predicted molar refractivity (Wildman–Crippen MR) is 49.4 cm³/mol. The monoisotopic (exact) mass is 183 g/mol. The Morgan fingerprint density at radius 2 is 2.33 bits per heavy atom. The zero-order valence-corrected chi connectivity index (χ0v) is 7.21. The van der Waals surface area contributed by atoms with Gasteiger partial charge in [-0.05, 0) is 18.2 Å². The minimum atomic E-state index is -0.235.